The van der Waals surface area contributed by atoms with E-state index in [-0.39, 0.29) is 11.7 Å². The number of anilines is 1. The molecule has 0 saturated carbocycles. The van der Waals surface area contributed by atoms with Gasteiger partial charge in [-0.2, -0.15) is 0 Å². The Kier molecular flexibility index (Phi) is 2.62. The monoisotopic (exact) mass is 219 g/mol. The zero-order valence-corrected chi connectivity index (χ0v) is 9.95. The highest BCUT2D eigenvalue weighted by molar-refractivity contribution is 6.02. The summed E-state index contributed by atoms with van der Waals surface area (Å²) < 4.78 is 0. The van der Waals surface area contributed by atoms with Crippen molar-refractivity contribution in [1.29, 1.82) is 0 Å². The maximum Gasteiger partial charge on any atom is 0.231 e. The van der Waals surface area contributed by atoms with Gasteiger partial charge in [-0.15, -0.1) is 0 Å². The minimum atomic E-state index is 0.130. The molecule has 1 aromatic rings. The van der Waals surface area contributed by atoms with Crippen molar-refractivity contribution in [3.63, 3.8) is 0 Å². The van der Waals surface area contributed by atoms with Crippen molar-refractivity contribution in [2.75, 3.05) is 11.4 Å². The Morgan fingerprint density at radius 1 is 1.44 bits per heavy atom. The molecule has 1 amide bonds. The van der Waals surface area contributed by atoms with Crippen molar-refractivity contribution in [3.8, 4) is 5.75 Å². The fraction of sp³-hybridized carbons (Fsp3) is 0.462. The number of phenolic OH excluding ortho intramolecular Hbond substituents is 1. The van der Waals surface area contributed by atoms with Crippen LogP contribution < -0.4 is 4.90 Å². The van der Waals surface area contributed by atoms with Gasteiger partial charge in [-0.3, -0.25) is 4.79 Å². The van der Waals surface area contributed by atoms with Gasteiger partial charge in [-0.1, -0.05) is 13.8 Å². The molecule has 0 radical (unpaired) electrons. The van der Waals surface area contributed by atoms with Crippen LogP contribution in [0.5, 0.6) is 5.75 Å². The van der Waals surface area contributed by atoms with E-state index < -0.39 is 0 Å². The van der Waals surface area contributed by atoms with Crippen LogP contribution in [0.1, 0.15) is 37.8 Å². The molecule has 3 heteroatoms. The SMILES string of the molecule is CCN1C(=O)Cc2cc(O)cc(C(C)C)c21. The Hall–Kier alpha value is -1.51. The van der Waals surface area contributed by atoms with Gasteiger partial charge in [-0.25, -0.2) is 0 Å². The van der Waals surface area contributed by atoms with E-state index in [1.54, 1.807) is 12.1 Å². The summed E-state index contributed by atoms with van der Waals surface area (Å²) in [4.78, 5) is 13.6. The Labute approximate surface area is 95.7 Å². The van der Waals surface area contributed by atoms with Crippen LogP contribution in [0.4, 0.5) is 5.69 Å². The van der Waals surface area contributed by atoms with Gasteiger partial charge in [-0.05, 0) is 36.1 Å². The molecule has 0 saturated heterocycles. The zero-order chi connectivity index (χ0) is 11.9. The molecule has 1 N–H and O–H groups in total. The number of hydrogen-bond donors (Lipinski definition) is 1. The molecule has 0 aromatic heterocycles. The predicted octanol–water partition coefficient (Wildman–Crippen LogP) is 2.42. The maximum absolute atomic E-state index is 11.8. The fourth-order valence-corrected chi connectivity index (χ4v) is 2.32. The smallest absolute Gasteiger partial charge is 0.231 e. The number of phenols is 1. The lowest BCUT2D eigenvalue weighted by molar-refractivity contribution is -0.117. The molecule has 0 atom stereocenters. The second-order valence-corrected chi connectivity index (χ2v) is 4.51. The Morgan fingerprint density at radius 3 is 2.69 bits per heavy atom. The van der Waals surface area contributed by atoms with Crippen molar-refractivity contribution in [1.82, 2.24) is 0 Å². The first kappa shape index (κ1) is 11.0. The molecule has 3 nitrogen and oxygen atoms in total. The summed E-state index contributed by atoms with van der Waals surface area (Å²) >= 11 is 0. The van der Waals surface area contributed by atoms with Crippen molar-refractivity contribution in [3.05, 3.63) is 23.3 Å². The molecule has 86 valence electrons. The number of aromatic hydroxyl groups is 1. The number of amides is 1. The van der Waals surface area contributed by atoms with E-state index in [0.717, 1.165) is 16.8 Å². The van der Waals surface area contributed by atoms with Crippen LogP contribution in [0.3, 0.4) is 0 Å². The highest BCUT2D eigenvalue weighted by atomic mass is 16.3. The minimum absolute atomic E-state index is 0.130. The number of carbonyl (C=O) groups excluding carboxylic acids is 1. The van der Waals surface area contributed by atoms with E-state index in [9.17, 15) is 9.90 Å². The molecule has 1 aliphatic heterocycles. The molecular weight excluding hydrogens is 202 g/mol. The molecule has 0 bridgehead atoms. The Morgan fingerprint density at radius 2 is 2.12 bits per heavy atom. The predicted molar refractivity (Wildman–Crippen MR) is 63.9 cm³/mol. The first-order chi connectivity index (χ1) is 7.54. The van der Waals surface area contributed by atoms with Crippen molar-refractivity contribution in [2.45, 2.75) is 33.1 Å². The lowest BCUT2D eigenvalue weighted by Crippen LogP contribution is -2.26. The van der Waals surface area contributed by atoms with E-state index >= 15 is 0 Å². The lowest BCUT2D eigenvalue weighted by Gasteiger charge is -2.20. The van der Waals surface area contributed by atoms with Crippen LogP contribution in [-0.2, 0) is 11.2 Å². The molecule has 1 aliphatic rings. The van der Waals surface area contributed by atoms with Crippen LogP contribution in [0.2, 0.25) is 0 Å². The van der Waals surface area contributed by atoms with Crippen molar-refractivity contribution >= 4 is 11.6 Å². The molecule has 0 fully saturated rings. The van der Waals surface area contributed by atoms with Gasteiger partial charge in [0.2, 0.25) is 5.91 Å². The number of nitrogens with zero attached hydrogens (tertiary/aromatic N) is 1. The van der Waals surface area contributed by atoms with E-state index in [2.05, 4.69) is 13.8 Å². The summed E-state index contributed by atoms with van der Waals surface area (Å²) in [5.74, 6) is 0.694. The van der Waals surface area contributed by atoms with Gasteiger partial charge in [0.05, 0.1) is 12.1 Å². The summed E-state index contributed by atoms with van der Waals surface area (Å²) in [6, 6.07) is 3.47. The van der Waals surface area contributed by atoms with E-state index in [0.29, 0.717) is 18.9 Å². The summed E-state index contributed by atoms with van der Waals surface area (Å²) in [6.45, 7) is 6.82. The van der Waals surface area contributed by atoms with Gasteiger partial charge >= 0.3 is 0 Å². The van der Waals surface area contributed by atoms with Gasteiger partial charge in [0, 0.05) is 6.54 Å². The van der Waals surface area contributed by atoms with Gasteiger partial charge in [0.25, 0.3) is 0 Å². The van der Waals surface area contributed by atoms with Gasteiger partial charge < -0.3 is 10.0 Å². The third-order valence-corrected chi connectivity index (χ3v) is 3.05. The normalized spacial score (nSPS) is 14.8. The molecule has 0 unspecified atom stereocenters. The third kappa shape index (κ3) is 1.56. The topological polar surface area (TPSA) is 40.5 Å². The highest BCUT2D eigenvalue weighted by Crippen LogP contribution is 2.38. The number of benzene rings is 1. The average molecular weight is 219 g/mol. The number of carbonyl (C=O) groups is 1. The van der Waals surface area contributed by atoms with Crippen LogP contribution in [0.15, 0.2) is 12.1 Å². The van der Waals surface area contributed by atoms with Gasteiger partial charge in [0.1, 0.15) is 5.75 Å². The van der Waals surface area contributed by atoms with Crippen molar-refractivity contribution in [2.24, 2.45) is 0 Å². The maximum atomic E-state index is 11.8. The first-order valence-corrected chi connectivity index (χ1v) is 5.70. The Bertz CT molecular complexity index is 438. The number of fused-ring (bicyclic) bond motifs is 1. The second-order valence-electron chi connectivity index (χ2n) is 4.51. The zero-order valence-electron chi connectivity index (χ0n) is 9.95. The summed E-state index contributed by atoms with van der Waals surface area (Å²) in [5, 5.41) is 9.64. The number of rotatable bonds is 2. The fourth-order valence-electron chi connectivity index (χ4n) is 2.32. The average Bonchev–Trinajstić information content (AvgIpc) is 2.51. The van der Waals surface area contributed by atoms with Crippen LogP contribution in [-0.4, -0.2) is 17.6 Å². The van der Waals surface area contributed by atoms with Crippen LogP contribution in [0.25, 0.3) is 0 Å². The quantitative estimate of drug-likeness (QED) is 0.829. The first-order valence-electron chi connectivity index (χ1n) is 5.70. The second kappa shape index (κ2) is 3.81. The number of hydrogen-bond acceptors (Lipinski definition) is 2. The van der Waals surface area contributed by atoms with Crippen molar-refractivity contribution < 1.29 is 9.90 Å². The molecular formula is C13H17NO2. The molecule has 0 spiro atoms. The van der Waals surface area contributed by atoms with Crippen LogP contribution >= 0.6 is 0 Å². The summed E-state index contributed by atoms with van der Waals surface area (Å²) in [7, 11) is 0. The summed E-state index contributed by atoms with van der Waals surface area (Å²) in [6.07, 6.45) is 0.414. The molecule has 1 aromatic carbocycles. The third-order valence-electron chi connectivity index (χ3n) is 3.05. The van der Waals surface area contributed by atoms with E-state index in [1.807, 2.05) is 11.8 Å². The van der Waals surface area contributed by atoms with Gasteiger partial charge in [0.15, 0.2) is 0 Å². The van der Waals surface area contributed by atoms with E-state index in [4.69, 9.17) is 0 Å². The lowest BCUT2D eigenvalue weighted by atomic mass is 9.97. The standard InChI is InChI=1S/C13H17NO2/c1-4-14-12(16)6-9-5-10(15)7-11(8(2)3)13(9)14/h5,7-8,15H,4,6H2,1-3H3. The highest BCUT2D eigenvalue weighted by Gasteiger charge is 2.29. The largest absolute Gasteiger partial charge is 0.508 e. The molecule has 16 heavy (non-hydrogen) atoms. The molecule has 2 rings (SSSR count). The van der Waals surface area contributed by atoms with E-state index in [1.165, 1.54) is 0 Å². The van der Waals surface area contributed by atoms with Crippen LogP contribution in [0, 0.1) is 0 Å². The number of likely N-dealkylation sites (N-methyl/N-ethyl adjacent to an activating group) is 1. The molecule has 1 heterocycles. The minimum Gasteiger partial charge on any atom is -0.508 e. The summed E-state index contributed by atoms with van der Waals surface area (Å²) in [5.41, 5.74) is 3.03. The molecule has 0 aliphatic carbocycles. The Balaban J connectivity index is 2.61.